The maximum atomic E-state index is 11.6. The number of aliphatic hydroxyl groups excluding tert-OH is 3. The summed E-state index contributed by atoms with van der Waals surface area (Å²) in [5.74, 6) is -2.46. The first-order valence-corrected chi connectivity index (χ1v) is 7.00. The van der Waals surface area contributed by atoms with Gasteiger partial charge >= 0.3 is 11.9 Å². The second-order valence-electron chi connectivity index (χ2n) is 4.71. The number of carboxylic acid groups (broad SMARTS) is 1. The summed E-state index contributed by atoms with van der Waals surface area (Å²) in [7, 11) is 0. The fourth-order valence-corrected chi connectivity index (χ4v) is 1.84. The highest BCUT2D eigenvalue weighted by Gasteiger charge is 2.30. The molecule has 3 unspecified atom stereocenters. The lowest BCUT2D eigenvalue weighted by molar-refractivity contribution is -0.174. The number of esters is 1. The van der Waals surface area contributed by atoms with Gasteiger partial charge in [-0.15, -0.1) is 0 Å². The number of carbonyl (C=O) groups excluding carboxylic acids is 2. The van der Waals surface area contributed by atoms with Crippen LogP contribution in [-0.4, -0.2) is 94.9 Å². The van der Waals surface area contributed by atoms with Gasteiger partial charge in [0.25, 0.3) is 6.47 Å². The number of nitrogens with zero attached hydrogens (tertiary/aromatic N) is 1. The average molecular weight is 337 g/mol. The van der Waals surface area contributed by atoms with Gasteiger partial charge in [0.15, 0.2) is 6.10 Å². The van der Waals surface area contributed by atoms with Gasteiger partial charge in [0.05, 0.1) is 13.2 Å². The molecule has 0 heterocycles. The minimum absolute atomic E-state index is 0.0208. The number of hydrogen-bond acceptors (Lipinski definition) is 9. The topological polar surface area (TPSA) is 154 Å². The molecule has 0 aromatic rings. The van der Waals surface area contributed by atoms with E-state index in [0.717, 1.165) is 0 Å². The van der Waals surface area contributed by atoms with E-state index in [2.05, 4.69) is 4.74 Å². The van der Waals surface area contributed by atoms with Crippen molar-refractivity contribution in [3.05, 3.63) is 0 Å². The lowest BCUT2D eigenvalue weighted by atomic mass is 10.1. The number of ether oxygens (including phenoxy) is 2. The standard InChI is InChI=1S/C13H23NO9/c1-9(22-8-18)13(21)23-11(12(19)20)6-14(3-5-16)10(7-17)2-4-15/h8-11,15-17H,2-7H2,1H3,(H,19,20). The van der Waals surface area contributed by atoms with Gasteiger partial charge in [0, 0.05) is 25.7 Å². The second kappa shape index (κ2) is 11.8. The van der Waals surface area contributed by atoms with Gasteiger partial charge in [-0.2, -0.15) is 0 Å². The van der Waals surface area contributed by atoms with Crippen LogP contribution >= 0.6 is 0 Å². The van der Waals surface area contributed by atoms with Crippen molar-refractivity contribution in [2.75, 3.05) is 32.9 Å². The fraction of sp³-hybridized carbons (Fsp3) is 0.769. The molecule has 4 N–H and O–H groups in total. The normalized spacial score (nSPS) is 14.8. The Labute approximate surface area is 133 Å². The van der Waals surface area contributed by atoms with Crippen molar-refractivity contribution in [3.63, 3.8) is 0 Å². The summed E-state index contributed by atoms with van der Waals surface area (Å²) in [6.07, 6.45) is -2.69. The summed E-state index contributed by atoms with van der Waals surface area (Å²) < 4.78 is 9.16. The van der Waals surface area contributed by atoms with Gasteiger partial charge in [0.1, 0.15) is 0 Å². The molecular formula is C13H23NO9. The molecule has 0 aliphatic heterocycles. The van der Waals surface area contributed by atoms with E-state index in [1.165, 1.54) is 11.8 Å². The number of carboxylic acids is 1. The molecule has 0 amide bonds. The average Bonchev–Trinajstić information content (AvgIpc) is 2.51. The maximum Gasteiger partial charge on any atom is 0.348 e. The van der Waals surface area contributed by atoms with Crippen LogP contribution in [0.25, 0.3) is 0 Å². The van der Waals surface area contributed by atoms with E-state index in [0.29, 0.717) is 0 Å². The quantitative estimate of drug-likeness (QED) is 0.211. The Morgan fingerprint density at radius 2 is 1.87 bits per heavy atom. The van der Waals surface area contributed by atoms with Crippen molar-refractivity contribution in [2.45, 2.75) is 31.6 Å². The van der Waals surface area contributed by atoms with E-state index < -0.39 is 30.2 Å². The highest BCUT2D eigenvalue weighted by molar-refractivity contribution is 5.80. The Kier molecular flexibility index (Phi) is 10.9. The van der Waals surface area contributed by atoms with Gasteiger partial charge in [-0.1, -0.05) is 0 Å². The van der Waals surface area contributed by atoms with Crippen LogP contribution in [0, 0.1) is 0 Å². The number of carbonyl (C=O) groups is 3. The predicted molar refractivity (Wildman–Crippen MR) is 75.4 cm³/mol. The molecule has 0 rings (SSSR count). The highest BCUT2D eigenvalue weighted by Crippen LogP contribution is 2.08. The van der Waals surface area contributed by atoms with E-state index in [1.54, 1.807) is 0 Å². The summed E-state index contributed by atoms with van der Waals surface area (Å²) in [5.41, 5.74) is 0. The van der Waals surface area contributed by atoms with Crippen LogP contribution in [0.5, 0.6) is 0 Å². The van der Waals surface area contributed by atoms with Crippen LogP contribution < -0.4 is 0 Å². The lowest BCUT2D eigenvalue weighted by Gasteiger charge is -2.31. The summed E-state index contributed by atoms with van der Waals surface area (Å²) in [6.45, 7) is 0.0626. The zero-order valence-electron chi connectivity index (χ0n) is 12.8. The largest absolute Gasteiger partial charge is 0.478 e. The summed E-state index contributed by atoms with van der Waals surface area (Å²) in [5, 5.41) is 36.4. The summed E-state index contributed by atoms with van der Waals surface area (Å²) >= 11 is 0. The van der Waals surface area contributed by atoms with Gasteiger partial charge < -0.3 is 29.9 Å². The third-order valence-electron chi connectivity index (χ3n) is 3.10. The SMILES string of the molecule is CC(OC=O)C(=O)OC(CN(CCO)C(CO)CCO)C(=O)O. The molecule has 23 heavy (non-hydrogen) atoms. The lowest BCUT2D eigenvalue weighted by Crippen LogP contribution is -2.48. The Morgan fingerprint density at radius 1 is 1.22 bits per heavy atom. The molecule has 0 aromatic carbocycles. The van der Waals surface area contributed by atoms with Crippen molar-refractivity contribution in [2.24, 2.45) is 0 Å². The maximum absolute atomic E-state index is 11.6. The van der Waals surface area contributed by atoms with Crippen LogP contribution in [0.1, 0.15) is 13.3 Å². The van der Waals surface area contributed by atoms with Gasteiger partial charge in [-0.25, -0.2) is 9.59 Å². The van der Waals surface area contributed by atoms with Crippen LogP contribution in [0.2, 0.25) is 0 Å². The molecule has 0 aromatic heterocycles. The van der Waals surface area contributed by atoms with Crippen LogP contribution in [-0.2, 0) is 23.9 Å². The smallest absolute Gasteiger partial charge is 0.348 e. The third kappa shape index (κ3) is 7.88. The molecule has 134 valence electrons. The van der Waals surface area contributed by atoms with Crippen LogP contribution in [0.15, 0.2) is 0 Å². The number of aliphatic hydroxyl groups is 3. The van der Waals surface area contributed by atoms with E-state index in [4.69, 9.17) is 20.1 Å². The minimum atomic E-state index is -1.58. The zero-order chi connectivity index (χ0) is 17.8. The minimum Gasteiger partial charge on any atom is -0.478 e. The Morgan fingerprint density at radius 3 is 2.30 bits per heavy atom. The van der Waals surface area contributed by atoms with Crippen molar-refractivity contribution in [1.82, 2.24) is 4.90 Å². The van der Waals surface area contributed by atoms with Crippen molar-refractivity contribution in [1.29, 1.82) is 0 Å². The Balaban J connectivity index is 4.94. The number of rotatable bonds is 13. The van der Waals surface area contributed by atoms with E-state index in [9.17, 15) is 19.5 Å². The van der Waals surface area contributed by atoms with Crippen molar-refractivity contribution < 1.29 is 44.3 Å². The third-order valence-corrected chi connectivity index (χ3v) is 3.10. The molecule has 0 aliphatic carbocycles. The van der Waals surface area contributed by atoms with Gasteiger partial charge in [-0.3, -0.25) is 9.69 Å². The first-order valence-electron chi connectivity index (χ1n) is 7.00. The first-order chi connectivity index (χ1) is 10.9. The molecule has 3 atom stereocenters. The van der Waals surface area contributed by atoms with Gasteiger partial charge in [0.2, 0.25) is 6.10 Å². The molecule has 0 bridgehead atoms. The van der Waals surface area contributed by atoms with E-state index >= 15 is 0 Å². The molecule has 0 spiro atoms. The zero-order valence-corrected chi connectivity index (χ0v) is 12.8. The molecule has 0 saturated heterocycles. The van der Waals surface area contributed by atoms with Gasteiger partial charge in [-0.05, 0) is 13.3 Å². The molecular weight excluding hydrogens is 314 g/mol. The molecule has 10 nitrogen and oxygen atoms in total. The van der Waals surface area contributed by atoms with Crippen LogP contribution in [0.4, 0.5) is 0 Å². The summed E-state index contributed by atoms with van der Waals surface area (Å²) in [4.78, 5) is 34.4. The van der Waals surface area contributed by atoms with Crippen molar-refractivity contribution in [3.8, 4) is 0 Å². The van der Waals surface area contributed by atoms with E-state index in [-0.39, 0.29) is 45.8 Å². The molecule has 0 radical (unpaired) electrons. The van der Waals surface area contributed by atoms with E-state index in [1.807, 2.05) is 0 Å². The Hall–Kier alpha value is -1.75. The molecule has 0 saturated carbocycles. The molecule has 0 aliphatic rings. The number of hydrogen-bond donors (Lipinski definition) is 4. The monoisotopic (exact) mass is 337 g/mol. The van der Waals surface area contributed by atoms with Crippen LogP contribution in [0.3, 0.4) is 0 Å². The van der Waals surface area contributed by atoms with Crippen molar-refractivity contribution >= 4 is 18.4 Å². The fourth-order valence-electron chi connectivity index (χ4n) is 1.84. The highest BCUT2D eigenvalue weighted by atomic mass is 16.6. The summed E-state index contributed by atoms with van der Waals surface area (Å²) in [6, 6.07) is -0.601. The predicted octanol–water partition coefficient (Wildman–Crippen LogP) is -2.42. The Bertz CT molecular complexity index is 376. The first kappa shape index (κ1) is 21.2. The second-order valence-corrected chi connectivity index (χ2v) is 4.71. The molecule has 10 heteroatoms. The molecule has 0 fully saturated rings. The number of aliphatic carboxylic acids is 1.